The lowest BCUT2D eigenvalue weighted by molar-refractivity contribution is -0.384. The number of nitrogens with zero attached hydrogens (tertiary/aromatic N) is 1. The highest BCUT2D eigenvalue weighted by Gasteiger charge is 2.13. The molecule has 0 saturated carbocycles. The Labute approximate surface area is 159 Å². The van der Waals surface area contributed by atoms with Crippen LogP contribution in [0.15, 0.2) is 36.4 Å². The number of anilines is 1. The van der Waals surface area contributed by atoms with Gasteiger partial charge in [-0.3, -0.25) is 19.7 Å². The monoisotopic (exact) mass is 398 g/mol. The number of amides is 2. The van der Waals surface area contributed by atoms with Gasteiger partial charge in [-0.05, 0) is 24.3 Å². The summed E-state index contributed by atoms with van der Waals surface area (Å²) < 4.78 is 0. The molecule has 0 aliphatic heterocycles. The van der Waals surface area contributed by atoms with Gasteiger partial charge < -0.3 is 16.4 Å². The van der Waals surface area contributed by atoms with Crippen molar-refractivity contribution in [1.29, 1.82) is 0 Å². The van der Waals surface area contributed by atoms with E-state index in [0.29, 0.717) is 16.3 Å². The fourth-order valence-corrected chi connectivity index (χ4v) is 2.32. The minimum Gasteiger partial charge on any atom is -0.399 e. The largest absolute Gasteiger partial charge is 0.399 e. The number of nitrogen functional groups attached to an aromatic ring is 1. The molecule has 0 fully saturated rings. The fraction of sp³-hybridized carbons (Fsp3) is 0.125. The molecule has 0 bridgehead atoms. The van der Waals surface area contributed by atoms with Crippen LogP contribution >= 0.6 is 23.2 Å². The molecular formula is C16H16Cl2N4O4. The molecule has 2 rings (SSSR count). The SMILES string of the molecule is CNC(=O)c1ccc(N)cc1Cl.CNC(=O)c1ccc([N+](=O)[O-])cc1Cl. The minimum atomic E-state index is -0.570. The predicted octanol–water partition coefficient (Wildman–Crippen LogP) is 2.89. The molecule has 0 unspecified atom stereocenters. The lowest BCUT2D eigenvalue weighted by Crippen LogP contribution is -2.18. The van der Waals surface area contributed by atoms with Crippen molar-refractivity contribution in [1.82, 2.24) is 10.6 Å². The van der Waals surface area contributed by atoms with Crippen molar-refractivity contribution in [2.75, 3.05) is 19.8 Å². The van der Waals surface area contributed by atoms with Crippen LogP contribution in [0.3, 0.4) is 0 Å². The molecule has 2 aromatic carbocycles. The molecule has 2 amide bonds. The zero-order valence-corrected chi connectivity index (χ0v) is 15.4. The topological polar surface area (TPSA) is 127 Å². The maximum atomic E-state index is 11.2. The Balaban J connectivity index is 0.000000263. The lowest BCUT2D eigenvalue weighted by atomic mass is 10.2. The number of nitrogens with one attached hydrogen (secondary N) is 2. The molecule has 0 atom stereocenters. The summed E-state index contributed by atoms with van der Waals surface area (Å²) in [6.07, 6.45) is 0. The van der Waals surface area contributed by atoms with Gasteiger partial charge in [0, 0.05) is 31.9 Å². The second kappa shape index (κ2) is 9.59. The van der Waals surface area contributed by atoms with E-state index in [2.05, 4.69) is 10.6 Å². The molecule has 0 aliphatic carbocycles. The van der Waals surface area contributed by atoms with Crippen molar-refractivity contribution >= 4 is 46.4 Å². The number of rotatable bonds is 3. The maximum absolute atomic E-state index is 11.2. The first-order valence-electron chi connectivity index (χ1n) is 7.14. The molecule has 4 N–H and O–H groups in total. The summed E-state index contributed by atoms with van der Waals surface area (Å²) in [5.41, 5.74) is 6.53. The molecular weight excluding hydrogens is 383 g/mol. The normalized spacial score (nSPS) is 9.54. The van der Waals surface area contributed by atoms with Gasteiger partial charge in [-0.1, -0.05) is 23.2 Å². The van der Waals surface area contributed by atoms with Gasteiger partial charge in [-0.15, -0.1) is 0 Å². The molecule has 0 radical (unpaired) electrons. The number of hydrogen-bond acceptors (Lipinski definition) is 5. The molecule has 2 aromatic rings. The zero-order chi connectivity index (χ0) is 19.9. The fourth-order valence-electron chi connectivity index (χ4n) is 1.79. The third-order valence-corrected chi connectivity index (χ3v) is 3.73. The van der Waals surface area contributed by atoms with E-state index in [0.717, 1.165) is 6.07 Å². The van der Waals surface area contributed by atoms with Crippen LogP contribution < -0.4 is 16.4 Å². The number of halogens is 2. The molecule has 0 aromatic heterocycles. The Morgan fingerprint density at radius 1 is 0.962 bits per heavy atom. The van der Waals surface area contributed by atoms with Crippen LogP contribution in [0.25, 0.3) is 0 Å². The van der Waals surface area contributed by atoms with Crippen LogP contribution in [0.1, 0.15) is 20.7 Å². The van der Waals surface area contributed by atoms with Crippen LogP contribution in [0.5, 0.6) is 0 Å². The lowest BCUT2D eigenvalue weighted by Gasteiger charge is -2.02. The summed E-state index contributed by atoms with van der Waals surface area (Å²) in [6, 6.07) is 8.47. The minimum absolute atomic E-state index is 0.0681. The average Bonchev–Trinajstić information content (AvgIpc) is 2.60. The summed E-state index contributed by atoms with van der Waals surface area (Å²) in [6.45, 7) is 0. The summed E-state index contributed by atoms with van der Waals surface area (Å²) in [5.74, 6) is -0.579. The number of hydrogen-bond donors (Lipinski definition) is 3. The molecule has 10 heteroatoms. The second-order valence-corrected chi connectivity index (χ2v) is 5.63. The van der Waals surface area contributed by atoms with Gasteiger partial charge in [-0.2, -0.15) is 0 Å². The number of nitro benzene ring substituents is 1. The van der Waals surface area contributed by atoms with Gasteiger partial charge in [0.2, 0.25) is 0 Å². The van der Waals surface area contributed by atoms with Crippen molar-refractivity contribution < 1.29 is 14.5 Å². The molecule has 0 spiro atoms. The van der Waals surface area contributed by atoms with E-state index in [1.54, 1.807) is 25.2 Å². The Morgan fingerprint density at radius 3 is 1.81 bits per heavy atom. The first kappa shape index (κ1) is 21.2. The summed E-state index contributed by atoms with van der Waals surface area (Å²) >= 11 is 11.4. The molecule has 0 aliphatic rings. The molecule has 0 heterocycles. The summed E-state index contributed by atoms with van der Waals surface area (Å²) in [7, 11) is 3.01. The highest BCUT2D eigenvalue weighted by Crippen LogP contribution is 2.22. The second-order valence-electron chi connectivity index (χ2n) is 4.82. The number of benzene rings is 2. The van der Waals surface area contributed by atoms with Gasteiger partial charge in [0.15, 0.2) is 0 Å². The summed E-state index contributed by atoms with van der Waals surface area (Å²) in [5, 5.41) is 15.6. The standard InChI is InChI=1S/C8H7ClN2O3.C8H9ClN2O/c1-10-8(12)6-3-2-5(11(13)14)4-7(6)9;1-11-8(12)6-3-2-5(10)4-7(6)9/h2-4H,1H3,(H,10,12);2-4H,10H2,1H3,(H,11,12). The van der Waals surface area contributed by atoms with Gasteiger partial charge in [0.25, 0.3) is 17.5 Å². The molecule has 0 saturated heterocycles. The average molecular weight is 399 g/mol. The van der Waals surface area contributed by atoms with E-state index in [4.69, 9.17) is 28.9 Å². The first-order valence-corrected chi connectivity index (χ1v) is 7.90. The van der Waals surface area contributed by atoms with Crippen LogP contribution in [0.2, 0.25) is 10.0 Å². The Morgan fingerprint density at radius 2 is 1.42 bits per heavy atom. The third kappa shape index (κ3) is 5.61. The number of nitrogens with two attached hydrogens (primary N) is 1. The van der Waals surface area contributed by atoms with Gasteiger partial charge >= 0.3 is 0 Å². The van der Waals surface area contributed by atoms with Gasteiger partial charge in [-0.25, -0.2) is 0 Å². The van der Waals surface area contributed by atoms with Crippen molar-refractivity contribution in [2.45, 2.75) is 0 Å². The van der Waals surface area contributed by atoms with Gasteiger partial charge in [0.1, 0.15) is 0 Å². The van der Waals surface area contributed by atoms with E-state index >= 15 is 0 Å². The van der Waals surface area contributed by atoms with E-state index in [9.17, 15) is 19.7 Å². The first-order chi connectivity index (χ1) is 12.2. The molecule has 26 heavy (non-hydrogen) atoms. The van der Waals surface area contributed by atoms with Crippen molar-refractivity contribution in [3.05, 3.63) is 67.7 Å². The number of carbonyl (C=O) groups excluding carboxylic acids is 2. The van der Waals surface area contributed by atoms with E-state index in [1.165, 1.54) is 19.2 Å². The van der Waals surface area contributed by atoms with Crippen molar-refractivity contribution in [2.24, 2.45) is 0 Å². The van der Waals surface area contributed by atoms with Crippen LogP contribution in [0.4, 0.5) is 11.4 Å². The Bertz CT molecular complexity index is 843. The quantitative estimate of drug-likeness (QED) is 0.416. The van der Waals surface area contributed by atoms with Gasteiger partial charge in [0.05, 0.1) is 26.1 Å². The third-order valence-electron chi connectivity index (χ3n) is 3.10. The van der Waals surface area contributed by atoms with E-state index in [-0.39, 0.29) is 28.1 Å². The number of carbonyl (C=O) groups is 2. The van der Waals surface area contributed by atoms with Crippen molar-refractivity contribution in [3.8, 4) is 0 Å². The summed E-state index contributed by atoms with van der Waals surface area (Å²) in [4.78, 5) is 32.0. The van der Waals surface area contributed by atoms with Crippen molar-refractivity contribution in [3.63, 3.8) is 0 Å². The van der Waals surface area contributed by atoms with Crippen LogP contribution in [-0.4, -0.2) is 30.8 Å². The van der Waals surface area contributed by atoms with E-state index < -0.39 is 4.92 Å². The number of nitro groups is 1. The van der Waals surface area contributed by atoms with E-state index in [1.807, 2.05) is 0 Å². The number of non-ortho nitro benzene ring substituents is 1. The highest BCUT2D eigenvalue weighted by atomic mass is 35.5. The van der Waals surface area contributed by atoms with Crippen LogP contribution in [0, 0.1) is 10.1 Å². The zero-order valence-electron chi connectivity index (χ0n) is 13.9. The Hall–Kier alpha value is -2.84. The molecule has 8 nitrogen and oxygen atoms in total. The Kier molecular flexibility index (Phi) is 7.82. The van der Waals surface area contributed by atoms with Crippen LogP contribution in [-0.2, 0) is 0 Å². The molecule has 138 valence electrons. The predicted molar refractivity (Wildman–Crippen MR) is 101 cm³/mol. The smallest absolute Gasteiger partial charge is 0.270 e. The maximum Gasteiger partial charge on any atom is 0.270 e. The highest BCUT2D eigenvalue weighted by molar-refractivity contribution is 6.34.